The fraction of sp³-hybridized carbons (Fsp3) is 0.207. The van der Waals surface area contributed by atoms with Crippen LogP contribution in [0.25, 0.3) is 17.0 Å². The molecule has 0 fully saturated rings. The summed E-state index contributed by atoms with van der Waals surface area (Å²) in [6, 6.07) is 20.9. The van der Waals surface area contributed by atoms with Crippen LogP contribution in [0.2, 0.25) is 0 Å². The van der Waals surface area contributed by atoms with E-state index in [4.69, 9.17) is 14.2 Å². The van der Waals surface area contributed by atoms with Crippen LogP contribution >= 0.6 is 0 Å². The van der Waals surface area contributed by atoms with Gasteiger partial charge in [-0.2, -0.15) is 4.98 Å². The molecule has 0 aliphatic carbocycles. The third kappa shape index (κ3) is 4.95. The highest BCUT2D eigenvalue weighted by Gasteiger charge is 2.35. The molecule has 0 bridgehead atoms. The van der Waals surface area contributed by atoms with Gasteiger partial charge in [-0.05, 0) is 54.3 Å². The number of rotatable bonds is 7. The lowest BCUT2D eigenvalue weighted by Crippen LogP contribution is -2.45. The highest BCUT2D eigenvalue weighted by molar-refractivity contribution is 5.87. The molecule has 8 heteroatoms. The number of urea groups is 1. The molecule has 37 heavy (non-hydrogen) atoms. The maximum absolute atomic E-state index is 13.4. The number of methoxy groups -OCH3 is 1. The van der Waals surface area contributed by atoms with Gasteiger partial charge in [0.25, 0.3) is 5.89 Å². The van der Waals surface area contributed by atoms with Crippen molar-refractivity contribution in [1.29, 1.82) is 0 Å². The van der Waals surface area contributed by atoms with Gasteiger partial charge in [0.1, 0.15) is 11.6 Å². The minimum atomic E-state index is -0.485. The number of ether oxygens (including phenoxy) is 1. The van der Waals surface area contributed by atoms with Crippen molar-refractivity contribution in [2.75, 3.05) is 7.11 Å². The molecule has 1 aliphatic rings. The Labute approximate surface area is 214 Å². The Bertz CT molecular complexity index is 1440. The van der Waals surface area contributed by atoms with Gasteiger partial charge in [-0.3, -0.25) is 4.90 Å². The molecule has 7 nitrogen and oxygen atoms in total. The predicted molar refractivity (Wildman–Crippen MR) is 138 cm³/mol. The lowest BCUT2D eigenvalue weighted by molar-refractivity contribution is 0.203. The van der Waals surface area contributed by atoms with E-state index >= 15 is 0 Å². The summed E-state index contributed by atoms with van der Waals surface area (Å²) in [5, 5.41) is 7.32. The summed E-state index contributed by atoms with van der Waals surface area (Å²) in [7, 11) is 1.60. The molecule has 5 rings (SSSR count). The number of hydrogen-bond donors (Lipinski definition) is 1. The molecular weight excluding hydrogens is 471 g/mol. The monoisotopic (exact) mass is 498 g/mol. The Balaban J connectivity index is 1.58. The summed E-state index contributed by atoms with van der Waals surface area (Å²) >= 11 is 0. The lowest BCUT2D eigenvalue weighted by atomic mass is 9.93. The van der Waals surface area contributed by atoms with Gasteiger partial charge < -0.3 is 14.6 Å². The van der Waals surface area contributed by atoms with E-state index in [0.717, 1.165) is 23.1 Å². The van der Waals surface area contributed by atoms with Crippen LogP contribution in [-0.4, -0.2) is 28.2 Å². The first kappa shape index (κ1) is 24.2. The number of carbonyl (C=O) groups excluding carboxylic acids is 1. The van der Waals surface area contributed by atoms with Crippen LogP contribution in [0.15, 0.2) is 83.0 Å². The van der Waals surface area contributed by atoms with Crippen LogP contribution in [-0.2, 0) is 13.0 Å². The van der Waals surface area contributed by atoms with Crippen molar-refractivity contribution in [2.24, 2.45) is 0 Å². The Morgan fingerprint density at radius 1 is 1.05 bits per heavy atom. The van der Waals surface area contributed by atoms with E-state index in [1.807, 2.05) is 43.3 Å². The molecule has 188 valence electrons. The topological polar surface area (TPSA) is 80.5 Å². The quantitative estimate of drug-likeness (QED) is 0.331. The molecule has 4 aromatic rings. The minimum Gasteiger partial charge on any atom is -0.497 e. The summed E-state index contributed by atoms with van der Waals surface area (Å²) < 4.78 is 24.5. The van der Waals surface area contributed by atoms with Gasteiger partial charge in [0.05, 0.1) is 25.3 Å². The second-order valence-electron chi connectivity index (χ2n) is 8.84. The molecule has 1 N–H and O–H groups in total. The minimum absolute atomic E-state index is 0.261. The summed E-state index contributed by atoms with van der Waals surface area (Å²) in [6.07, 6.45) is 0.915. The Morgan fingerprint density at radius 2 is 1.78 bits per heavy atom. The smallest absolute Gasteiger partial charge is 0.322 e. The zero-order chi connectivity index (χ0) is 25.9. The maximum Gasteiger partial charge on any atom is 0.322 e. The van der Waals surface area contributed by atoms with Crippen LogP contribution in [0.1, 0.15) is 42.5 Å². The normalized spacial score (nSPS) is 15.6. The van der Waals surface area contributed by atoms with Gasteiger partial charge in [-0.1, -0.05) is 60.6 Å². The van der Waals surface area contributed by atoms with Crippen LogP contribution < -0.4 is 10.1 Å². The largest absolute Gasteiger partial charge is 0.497 e. The number of aromatic nitrogens is 2. The summed E-state index contributed by atoms with van der Waals surface area (Å²) in [5.74, 6) is 1.08. The predicted octanol–water partition coefficient (Wildman–Crippen LogP) is 6.14. The van der Waals surface area contributed by atoms with Gasteiger partial charge in [-0.15, -0.1) is 0 Å². The lowest BCUT2D eigenvalue weighted by Gasteiger charge is -2.35. The Morgan fingerprint density at radius 3 is 2.49 bits per heavy atom. The Kier molecular flexibility index (Phi) is 6.72. The molecule has 0 radical (unpaired) electrons. The second-order valence-corrected chi connectivity index (χ2v) is 8.84. The van der Waals surface area contributed by atoms with E-state index in [1.165, 1.54) is 17.7 Å². The SMILES string of the molecule is CCc1ccc(C2NC(=O)N(Cc3ccc(F)cc3)C(C)=C2c2nc(-c3cccc(OC)c3)no2)cc1. The maximum atomic E-state index is 13.4. The number of benzene rings is 3. The molecule has 2 amide bonds. The zero-order valence-corrected chi connectivity index (χ0v) is 20.9. The third-order valence-corrected chi connectivity index (χ3v) is 6.56. The first-order valence-electron chi connectivity index (χ1n) is 12.1. The molecule has 0 saturated heterocycles. The van der Waals surface area contributed by atoms with E-state index in [9.17, 15) is 9.18 Å². The zero-order valence-electron chi connectivity index (χ0n) is 20.9. The van der Waals surface area contributed by atoms with Crippen molar-refractivity contribution in [3.05, 3.63) is 107 Å². The van der Waals surface area contributed by atoms with Gasteiger partial charge >= 0.3 is 6.03 Å². The molecule has 0 spiro atoms. The molecule has 1 aromatic heterocycles. The number of aryl methyl sites for hydroxylation is 1. The summed E-state index contributed by atoms with van der Waals surface area (Å²) in [5.41, 5.74) is 5.03. The average molecular weight is 499 g/mol. The summed E-state index contributed by atoms with van der Waals surface area (Å²) in [4.78, 5) is 19.6. The van der Waals surface area contributed by atoms with Gasteiger partial charge in [-0.25, -0.2) is 9.18 Å². The van der Waals surface area contributed by atoms with Crippen LogP contribution in [0.5, 0.6) is 5.75 Å². The second kappa shape index (κ2) is 10.3. The molecule has 3 aromatic carbocycles. The van der Waals surface area contributed by atoms with Crippen molar-refractivity contribution < 1.29 is 18.4 Å². The highest BCUT2D eigenvalue weighted by atomic mass is 19.1. The highest BCUT2D eigenvalue weighted by Crippen LogP contribution is 2.38. The molecule has 1 aliphatic heterocycles. The fourth-order valence-electron chi connectivity index (χ4n) is 4.43. The number of amides is 2. The Hall–Kier alpha value is -4.46. The van der Waals surface area contributed by atoms with E-state index in [1.54, 1.807) is 24.1 Å². The van der Waals surface area contributed by atoms with E-state index in [0.29, 0.717) is 28.7 Å². The van der Waals surface area contributed by atoms with E-state index < -0.39 is 6.04 Å². The number of nitrogens with one attached hydrogen (secondary N) is 1. The first-order valence-corrected chi connectivity index (χ1v) is 12.1. The van der Waals surface area contributed by atoms with E-state index in [-0.39, 0.29) is 18.4 Å². The molecular formula is C29H27FN4O3. The van der Waals surface area contributed by atoms with E-state index in [2.05, 4.69) is 29.5 Å². The first-order chi connectivity index (χ1) is 18.0. The fourth-order valence-corrected chi connectivity index (χ4v) is 4.43. The van der Waals surface area contributed by atoms with Gasteiger partial charge in [0.15, 0.2) is 0 Å². The van der Waals surface area contributed by atoms with Crippen molar-refractivity contribution in [3.8, 4) is 17.1 Å². The summed E-state index contributed by atoms with van der Waals surface area (Å²) in [6.45, 7) is 4.22. The molecule has 1 unspecified atom stereocenters. The van der Waals surface area contributed by atoms with Gasteiger partial charge in [0.2, 0.25) is 5.82 Å². The standard InChI is InChI=1S/C29H27FN4O3/c1-4-19-8-12-21(13-9-19)26-25(28-32-27(33-37-28)22-6-5-7-24(16-22)36-3)18(2)34(29(35)31-26)17-20-10-14-23(30)15-11-20/h5-16,26H,4,17H2,1-3H3,(H,31,35). The third-order valence-electron chi connectivity index (χ3n) is 6.56. The number of nitrogens with zero attached hydrogens (tertiary/aromatic N) is 3. The number of carbonyl (C=O) groups is 1. The number of allylic oxidation sites excluding steroid dienone is 1. The van der Waals surface area contributed by atoms with Crippen molar-refractivity contribution in [3.63, 3.8) is 0 Å². The molecule has 1 atom stereocenters. The van der Waals surface area contributed by atoms with Crippen LogP contribution in [0, 0.1) is 5.82 Å². The van der Waals surface area contributed by atoms with Gasteiger partial charge in [0, 0.05) is 11.3 Å². The molecule has 0 saturated carbocycles. The van der Waals surface area contributed by atoms with Crippen molar-refractivity contribution in [2.45, 2.75) is 32.9 Å². The van der Waals surface area contributed by atoms with Crippen molar-refractivity contribution in [1.82, 2.24) is 20.4 Å². The average Bonchev–Trinajstić information content (AvgIpc) is 3.41. The van der Waals surface area contributed by atoms with Crippen molar-refractivity contribution >= 4 is 11.6 Å². The number of hydrogen-bond acceptors (Lipinski definition) is 5. The molecule has 2 heterocycles. The van der Waals surface area contributed by atoms with Crippen LogP contribution in [0.4, 0.5) is 9.18 Å². The van der Waals surface area contributed by atoms with Crippen LogP contribution in [0.3, 0.4) is 0 Å². The number of halogens is 1.